The average molecular weight is 227 g/mol. The fourth-order valence-electron chi connectivity index (χ4n) is 1.37. The maximum atomic E-state index is 11.6. The molecule has 0 saturated heterocycles. The van der Waals surface area contributed by atoms with Gasteiger partial charge in [0.1, 0.15) is 0 Å². The summed E-state index contributed by atoms with van der Waals surface area (Å²) in [6.07, 6.45) is 1.43. The molecule has 0 aliphatic carbocycles. The zero-order valence-electron chi connectivity index (χ0n) is 8.72. The quantitative estimate of drug-likeness (QED) is 0.746. The van der Waals surface area contributed by atoms with Crippen LogP contribution in [0.15, 0.2) is 30.3 Å². The third-order valence-corrected chi connectivity index (χ3v) is 3.82. The lowest BCUT2D eigenvalue weighted by Gasteiger charge is -2.03. The minimum atomic E-state index is -2.96. The number of unbranched alkanes of at least 4 members (excludes halogenated alkanes) is 1. The lowest BCUT2D eigenvalue weighted by atomic mass is 10.2. The van der Waals surface area contributed by atoms with E-state index in [1.54, 1.807) is 0 Å². The normalized spacial score (nSPS) is 11.5. The van der Waals surface area contributed by atoms with E-state index >= 15 is 0 Å². The summed E-state index contributed by atoms with van der Waals surface area (Å²) >= 11 is 0. The van der Waals surface area contributed by atoms with Gasteiger partial charge >= 0.3 is 0 Å². The Morgan fingerprint density at radius 3 is 2.33 bits per heavy atom. The highest BCUT2D eigenvalue weighted by Crippen LogP contribution is 2.07. The molecule has 0 aliphatic heterocycles. The van der Waals surface area contributed by atoms with Crippen LogP contribution in [0.4, 0.5) is 0 Å². The van der Waals surface area contributed by atoms with Gasteiger partial charge in [-0.05, 0) is 24.9 Å². The second-order valence-electron chi connectivity index (χ2n) is 3.57. The molecule has 1 rings (SSSR count). The topological polar surface area (TPSA) is 60.2 Å². The minimum absolute atomic E-state index is 0.137. The van der Waals surface area contributed by atoms with Crippen LogP contribution in [-0.4, -0.2) is 20.7 Å². The number of hydrogen-bond acceptors (Lipinski definition) is 3. The zero-order valence-corrected chi connectivity index (χ0v) is 9.54. The first-order valence-electron chi connectivity index (χ1n) is 5.08. The summed E-state index contributed by atoms with van der Waals surface area (Å²) in [6.45, 7) is 0.556. The average Bonchev–Trinajstić information content (AvgIpc) is 2.18. The first kappa shape index (κ1) is 12.2. The molecule has 0 aliphatic rings. The molecule has 3 nitrogen and oxygen atoms in total. The predicted octanol–water partition coefficient (Wildman–Crippen LogP) is 1.34. The Kier molecular flexibility index (Phi) is 4.78. The van der Waals surface area contributed by atoms with E-state index in [1.165, 1.54) is 0 Å². The summed E-state index contributed by atoms with van der Waals surface area (Å²) < 4.78 is 23.3. The Hall–Kier alpha value is -0.870. The van der Waals surface area contributed by atoms with Crippen LogP contribution in [0.5, 0.6) is 0 Å². The standard InChI is InChI=1S/C11H17NO2S/c12-8-4-5-9-15(13,14)10-11-6-2-1-3-7-11/h1-3,6-7H,4-5,8-10,12H2. The van der Waals surface area contributed by atoms with Gasteiger partial charge in [-0.3, -0.25) is 0 Å². The smallest absolute Gasteiger partial charge is 0.154 e. The van der Waals surface area contributed by atoms with Gasteiger partial charge in [0.25, 0.3) is 0 Å². The van der Waals surface area contributed by atoms with E-state index < -0.39 is 9.84 Å². The molecule has 1 aromatic carbocycles. The number of sulfone groups is 1. The molecule has 0 fully saturated rings. The van der Waals surface area contributed by atoms with Gasteiger partial charge in [0.05, 0.1) is 11.5 Å². The molecule has 15 heavy (non-hydrogen) atoms. The third kappa shape index (κ3) is 4.95. The van der Waals surface area contributed by atoms with Gasteiger partial charge in [0.15, 0.2) is 9.84 Å². The van der Waals surface area contributed by atoms with E-state index in [9.17, 15) is 8.42 Å². The molecule has 84 valence electrons. The van der Waals surface area contributed by atoms with Crippen LogP contribution in [0, 0.1) is 0 Å². The van der Waals surface area contributed by atoms with Crippen molar-refractivity contribution in [2.75, 3.05) is 12.3 Å². The van der Waals surface area contributed by atoms with Crippen molar-refractivity contribution in [1.82, 2.24) is 0 Å². The Morgan fingerprint density at radius 2 is 1.73 bits per heavy atom. The molecule has 0 radical (unpaired) electrons. The number of rotatable bonds is 6. The summed E-state index contributed by atoms with van der Waals surface area (Å²) in [5.74, 6) is 0.373. The van der Waals surface area contributed by atoms with Crippen molar-refractivity contribution in [2.45, 2.75) is 18.6 Å². The first-order chi connectivity index (χ1) is 7.14. The minimum Gasteiger partial charge on any atom is -0.330 e. The van der Waals surface area contributed by atoms with Crippen LogP contribution in [0.1, 0.15) is 18.4 Å². The van der Waals surface area contributed by atoms with Crippen LogP contribution in [0.25, 0.3) is 0 Å². The molecule has 0 saturated carbocycles. The SMILES string of the molecule is NCCCCS(=O)(=O)Cc1ccccc1. The van der Waals surface area contributed by atoms with E-state index in [0.29, 0.717) is 13.0 Å². The Balaban J connectivity index is 2.50. The molecule has 0 unspecified atom stereocenters. The monoisotopic (exact) mass is 227 g/mol. The van der Waals surface area contributed by atoms with Crippen LogP contribution in [-0.2, 0) is 15.6 Å². The Labute approximate surface area is 91.2 Å². The zero-order chi connectivity index (χ0) is 11.1. The first-order valence-corrected chi connectivity index (χ1v) is 6.90. The van der Waals surface area contributed by atoms with Crippen LogP contribution in [0.3, 0.4) is 0 Å². The van der Waals surface area contributed by atoms with E-state index in [4.69, 9.17) is 5.73 Å². The van der Waals surface area contributed by atoms with Crippen molar-refractivity contribution in [3.63, 3.8) is 0 Å². The van der Waals surface area contributed by atoms with Gasteiger partial charge in [0, 0.05) is 0 Å². The molecular weight excluding hydrogens is 210 g/mol. The predicted molar refractivity (Wildman–Crippen MR) is 62.2 cm³/mol. The number of hydrogen-bond donors (Lipinski definition) is 1. The van der Waals surface area contributed by atoms with Crippen LogP contribution in [0.2, 0.25) is 0 Å². The van der Waals surface area contributed by atoms with E-state index in [1.807, 2.05) is 30.3 Å². The van der Waals surface area contributed by atoms with E-state index in [2.05, 4.69) is 0 Å². The van der Waals surface area contributed by atoms with Crippen molar-refractivity contribution in [3.8, 4) is 0 Å². The third-order valence-electron chi connectivity index (χ3n) is 2.14. The Morgan fingerprint density at radius 1 is 1.07 bits per heavy atom. The number of nitrogens with two attached hydrogens (primary N) is 1. The number of benzene rings is 1. The van der Waals surface area contributed by atoms with Gasteiger partial charge in [0.2, 0.25) is 0 Å². The summed E-state index contributed by atoms with van der Waals surface area (Å²) in [6, 6.07) is 9.25. The lowest BCUT2D eigenvalue weighted by Crippen LogP contribution is -2.11. The van der Waals surface area contributed by atoms with Crippen molar-refractivity contribution < 1.29 is 8.42 Å². The van der Waals surface area contributed by atoms with Crippen LogP contribution >= 0.6 is 0 Å². The van der Waals surface area contributed by atoms with Gasteiger partial charge < -0.3 is 5.73 Å². The lowest BCUT2D eigenvalue weighted by molar-refractivity contribution is 0.591. The van der Waals surface area contributed by atoms with Gasteiger partial charge in [-0.2, -0.15) is 0 Å². The van der Waals surface area contributed by atoms with Crippen molar-refractivity contribution in [3.05, 3.63) is 35.9 Å². The highest BCUT2D eigenvalue weighted by Gasteiger charge is 2.10. The molecule has 2 N–H and O–H groups in total. The summed E-state index contributed by atoms with van der Waals surface area (Å²) in [5, 5.41) is 0. The second kappa shape index (κ2) is 5.88. The fraction of sp³-hybridized carbons (Fsp3) is 0.455. The van der Waals surface area contributed by atoms with Gasteiger partial charge in [-0.15, -0.1) is 0 Å². The largest absolute Gasteiger partial charge is 0.330 e. The van der Waals surface area contributed by atoms with Crippen molar-refractivity contribution in [2.24, 2.45) is 5.73 Å². The maximum Gasteiger partial charge on any atom is 0.154 e. The molecule has 0 aromatic heterocycles. The molecule has 1 aromatic rings. The van der Waals surface area contributed by atoms with E-state index in [0.717, 1.165) is 12.0 Å². The van der Waals surface area contributed by atoms with E-state index in [-0.39, 0.29) is 11.5 Å². The van der Waals surface area contributed by atoms with Crippen molar-refractivity contribution >= 4 is 9.84 Å². The Bertz CT molecular complexity index is 373. The maximum absolute atomic E-state index is 11.6. The second-order valence-corrected chi connectivity index (χ2v) is 5.76. The molecule has 0 atom stereocenters. The molecule has 4 heteroatoms. The summed E-state index contributed by atoms with van der Waals surface area (Å²) in [5.41, 5.74) is 6.17. The fourth-order valence-corrected chi connectivity index (χ4v) is 2.86. The highest BCUT2D eigenvalue weighted by atomic mass is 32.2. The highest BCUT2D eigenvalue weighted by molar-refractivity contribution is 7.90. The molecule has 0 bridgehead atoms. The van der Waals surface area contributed by atoms with Gasteiger partial charge in [-0.1, -0.05) is 30.3 Å². The van der Waals surface area contributed by atoms with Gasteiger partial charge in [-0.25, -0.2) is 8.42 Å². The van der Waals surface area contributed by atoms with Crippen molar-refractivity contribution in [1.29, 1.82) is 0 Å². The summed E-state index contributed by atoms with van der Waals surface area (Å²) in [7, 11) is -2.96. The van der Waals surface area contributed by atoms with Crippen LogP contribution < -0.4 is 5.73 Å². The molecular formula is C11H17NO2S. The summed E-state index contributed by atoms with van der Waals surface area (Å²) in [4.78, 5) is 0. The molecule has 0 amide bonds. The molecule has 0 heterocycles. The molecule has 0 spiro atoms.